The maximum absolute atomic E-state index is 13.3. The van der Waals surface area contributed by atoms with Gasteiger partial charge >= 0.3 is 0 Å². The summed E-state index contributed by atoms with van der Waals surface area (Å²) in [5.41, 5.74) is 3.86. The second-order valence-corrected chi connectivity index (χ2v) is 8.52. The minimum absolute atomic E-state index is 0.0608. The zero-order valence-electron chi connectivity index (χ0n) is 17.2. The molecule has 2 bridgehead atoms. The number of carbonyl (C=O) groups is 1. The third-order valence-corrected chi connectivity index (χ3v) is 6.32. The SMILES string of the molecule is CN(C)c1ccc(-c2ccc3n(c2=O)C[C@H]2C[C@@H]3CN(C(=O)c3ccco3)C2)cc1. The van der Waals surface area contributed by atoms with E-state index in [-0.39, 0.29) is 23.3 Å². The lowest BCUT2D eigenvalue weighted by Crippen LogP contribution is -2.49. The van der Waals surface area contributed by atoms with Gasteiger partial charge in [-0.2, -0.15) is 0 Å². The van der Waals surface area contributed by atoms with Gasteiger partial charge in [-0.05, 0) is 54.3 Å². The Morgan fingerprint density at radius 1 is 1.03 bits per heavy atom. The molecule has 4 heterocycles. The Hall–Kier alpha value is -3.28. The van der Waals surface area contributed by atoms with Crippen LogP contribution >= 0.6 is 0 Å². The van der Waals surface area contributed by atoms with Crippen molar-refractivity contribution >= 4 is 11.6 Å². The van der Waals surface area contributed by atoms with E-state index in [4.69, 9.17) is 4.42 Å². The molecule has 3 aromatic rings. The number of aromatic nitrogens is 1. The van der Waals surface area contributed by atoms with Crippen LogP contribution in [-0.2, 0) is 6.54 Å². The number of benzene rings is 1. The van der Waals surface area contributed by atoms with Gasteiger partial charge in [-0.15, -0.1) is 0 Å². The van der Waals surface area contributed by atoms with Crippen LogP contribution in [0, 0.1) is 5.92 Å². The summed E-state index contributed by atoms with van der Waals surface area (Å²) >= 11 is 0. The lowest BCUT2D eigenvalue weighted by atomic mass is 9.82. The van der Waals surface area contributed by atoms with Crippen molar-refractivity contribution in [3.8, 4) is 11.1 Å². The number of anilines is 1. The minimum atomic E-state index is -0.0666. The summed E-state index contributed by atoms with van der Waals surface area (Å²) in [6, 6.07) is 15.5. The lowest BCUT2D eigenvalue weighted by molar-refractivity contribution is 0.0564. The van der Waals surface area contributed by atoms with E-state index in [1.165, 1.54) is 6.26 Å². The molecular weight excluding hydrogens is 378 g/mol. The predicted molar refractivity (Wildman–Crippen MR) is 116 cm³/mol. The second-order valence-electron chi connectivity index (χ2n) is 8.52. The molecule has 0 radical (unpaired) electrons. The first-order valence-electron chi connectivity index (χ1n) is 10.4. The number of hydrogen-bond donors (Lipinski definition) is 0. The van der Waals surface area contributed by atoms with Gasteiger partial charge in [-0.25, -0.2) is 0 Å². The van der Waals surface area contributed by atoms with Crippen molar-refractivity contribution in [3.05, 3.63) is 76.6 Å². The molecule has 2 aliphatic heterocycles. The third-order valence-electron chi connectivity index (χ3n) is 6.32. The number of amides is 1. The highest BCUT2D eigenvalue weighted by molar-refractivity contribution is 5.91. The fourth-order valence-electron chi connectivity index (χ4n) is 4.83. The molecule has 0 saturated carbocycles. The molecule has 1 amide bonds. The maximum atomic E-state index is 13.3. The number of likely N-dealkylation sites (tertiary alicyclic amines) is 1. The van der Waals surface area contributed by atoms with E-state index in [1.54, 1.807) is 12.1 Å². The van der Waals surface area contributed by atoms with Gasteiger partial charge < -0.3 is 18.8 Å². The molecule has 1 saturated heterocycles. The summed E-state index contributed by atoms with van der Waals surface area (Å²) in [7, 11) is 4.00. The van der Waals surface area contributed by atoms with Gasteiger partial charge in [0, 0.05) is 56.6 Å². The molecule has 30 heavy (non-hydrogen) atoms. The Labute approximate surface area is 175 Å². The Morgan fingerprint density at radius 3 is 2.53 bits per heavy atom. The fraction of sp³-hybridized carbons (Fsp3) is 0.333. The summed E-state index contributed by atoms with van der Waals surface area (Å²) in [6.45, 7) is 1.92. The third kappa shape index (κ3) is 3.12. The maximum Gasteiger partial charge on any atom is 0.289 e. The van der Waals surface area contributed by atoms with Crippen molar-refractivity contribution in [2.75, 3.05) is 32.1 Å². The topological polar surface area (TPSA) is 58.7 Å². The molecule has 2 atom stereocenters. The molecule has 0 spiro atoms. The van der Waals surface area contributed by atoms with Gasteiger partial charge in [0.05, 0.1) is 6.26 Å². The van der Waals surface area contributed by atoms with Crippen LogP contribution in [0.15, 0.2) is 64.0 Å². The number of fused-ring (bicyclic) bond motifs is 4. The van der Waals surface area contributed by atoms with Crippen LogP contribution in [0.1, 0.15) is 28.6 Å². The monoisotopic (exact) mass is 403 g/mol. The first kappa shape index (κ1) is 18.7. The largest absolute Gasteiger partial charge is 0.459 e. The summed E-state index contributed by atoms with van der Waals surface area (Å²) in [5, 5.41) is 0. The van der Waals surface area contributed by atoms with Crippen LogP contribution in [0.4, 0.5) is 5.69 Å². The molecule has 0 N–H and O–H groups in total. The molecule has 1 aromatic carbocycles. The average Bonchev–Trinajstić information content (AvgIpc) is 3.29. The molecule has 6 heteroatoms. The summed E-state index contributed by atoms with van der Waals surface area (Å²) in [5.74, 6) is 0.764. The molecule has 0 unspecified atom stereocenters. The summed E-state index contributed by atoms with van der Waals surface area (Å²) in [4.78, 5) is 30.0. The van der Waals surface area contributed by atoms with E-state index in [9.17, 15) is 9.59 Å². The van der Waals surface area contributed by atoms with Gasteiger partial charge in [0.25, 0.3) is 11.5 Å². The van der Waals surface area contributed by atoms with Crippen LogP contribution in [-0.4, -0.2) is 42.6 Å². The molecule has 2 aliphatic rings. The number of rotatable bonds is 3. The van der Waals surface area contributed by atoms with Gasteiger partial charge in [-0.1, -0.05) is 12.1 Å². The van der Waals surface area contributed by atoms with Crippen LogP contribution in [0.25, 0.3) is 11.1 Å². The lowest BCUT2D eigenvalue weighted by Gasteiger charge is -2.42. The Kier molecular flexibility index (Phi) is 4.50. The minimum Gasteiger partial charge on any atom is -0.459 e. The molecule has 0 aliphatic carbocycles. The number of piperidine rings is 1. The van der Waals surface area contributed by atoms with E-state index in [0.29, 0.717) is 25.4 Å². The van der Waals surface area contributed by atoms with Gasteiger partial charge in [0.2, 0.25) is 0 Å². The number of carbonyl (C=O) groups excluding carboxylic acids is 1. The van der Waals surface area contributed by atoms with Crippen molar-refractivity contribution in [3.63, 3.8) is 0 Å². The summed E-state index contributed by atoms with van der Waals surface area (Å²) < 4.78 is 7.23. The highest BCUT2D eigenvalue weighted by Gasteiger charge is 2.37. The molecule has 154 valence electrons. The quantitative estimate of drug-likeness (QED) is 0.672. The van der Waals surface area contributed by atoms with Crippen LogP contribution in [0.2, 0.25) is 0 Å². The number of pyridine rings is 1. The first-order chi connectivity index (χ1) is 14.5. The van der Waals surface area contributed by atoms with Crippen molar-refractivity contribution in [2.45, 2.75) is 18.9 Å². The van der Waals surface area contributed by atoms with Crippen molar-refractivity contribution in [1.82, 2.24) is 9.47 Å². The average molecular weight is 403 g/mol. The second kappa shape index (κ2) is 7.20. The molecule has 5 rings (SSSR count). The van der Waals surface area contributed by atoms with Crippen LogP contribution < -0.4 is 10.5 Å². The predicted octanol–water partition coefficient (Wildman–Crippen LogP) is 3.43. The smallest absolute Gasteiger partial charge is 0.289 e. The zero-order valence-corrected chi connectivity index (χ0v) is 17.2. The molecule has 6 nitrogen and oxygen atoms in total. The van der Waals surface area contributed by atoms with E-state index < -0.39 is 0 Å². The van der Waals surface area contributed by atoms with Crippen molar-refractivity contribution in [1.29, 1.82) is 0 Å². The zero-order chi connectivity index (χ0) is 20.8. The first-order valence-corrected chi connectivity index (χ1v) is 10.4. The van der Waals surface area contributed by atoms with Crippen molar-refractivity contribution in [2.24, 2.45) is 5.92 Å². The molecule has 2 aromatic heterocycles. The highest BCUT2D eigenvalue weighted by Crippen LogP contribution is 2.36. The Bertz CT molecular complexity index is 1130. The standard InChI is InChI=1S/C24H25N3O3/c1-25(2)19-7-5-17(6-8-19)20-9-10-21-18-12-16(14-27(21)23(20)28)13-26(15-18)24(29)22-4-3-11-30-22/h3-11,16,18H,12-15H2,1-2H3/t16-,18+/m0/s1. The van der Waals surface area contributed by atoms with E-state index in [2.05, 4.69) is 6.07 Å². The Morgan fingerprint density at radius 2 is 1.83 bits per heavy atom. The molecular formula is C24H25N3O3. The van der Waals surface area contributed by atoms with Gasteiger partial charge in [0.15, 0.2) is 5.76 Å². The highest BCUT2D eigenvalue weighted by atomic mass is 16.3. The fourth-order valence-corrected chi connectivity index (χ4v) is 4.83. The van der Waals surface area contributed by atoms with E-state index >= 15 is 0 Å². The number of nitrogens with zero attached hydrogens (tertiary/aromatic N) is 3. The Balaban J connectivity index is 1.45. The van der Waals surface area contributed by atoms with Crippen molar-refractivity contribution < 1.29 is 9.21 Å². The van der Waals surface area contributed by atoms with Gasteiger partial charge in [0.1, 0.15) is 0 Å². The molecule has 1 fully saturated rings. The summed E-state index contributed by atoms with van der Waals surface area (Å²) in [6.07, 6.45) is 2.54. The van der Waals surface area contributed by atoms with Crippen LogP contribution in [0.3, 0.4) is 0 Å². The van der Waals surface area contributed by atoms with E-state index in [0.717, 1.165) is 28.9 Å². The van der Waals surface area contributed by atoms with E-state index in [1.807, 2.05) is 58.8 Å². The number of furan rings is 1. The van der Waals surface area contributed by atoms with Gasteiger partial charge in [-0.3, -0.25) is 9.59 Å². The van der Waals surface area contributed by atoms with Crippen LogP contribution in [0.5, 0.6) is 0 Å². The normalized spacial score (nSPS) is 20.0. The number of hydrogen-bond acceptors (Lipinski definition) is 4.